The normalized spacial score (nSPS) is 10.2. The van der Waals surface area contributed by atoms with Gasteiger partial charge in [0.2, 0.25) is 0 Å². The molecule has 0 saturated heterocycles. The van der Waals surface area contributed by atoms with E-state index in [-0.39, 0.29) is 5.91 Å². The van der Waals surface area contributed by atoms with E-state index >= 15 is 0 Å². The second-order valence-electron chi connectivity index (χ2n) is 5.25. The summed E-state index contributed by atoms with van der Waals surface area (Å²) in [7, 11) is 3.98. The van der Waals surface area contributed by atoms with Crippen molar-refractivity contribution in [1.82, 2.24) is 4.90 Å². The van der Waals surface area contributed by atoms with Crippen molar-refractivity contribution < 1.29 is 4.79 Å². The SMILES string of the molecule is CCN(Cc1ccccc1)C(=O)c1ccc(N(C)C)cc1. The number of rotatable bonds is 5. The summed E-state index contributed by atoms with van der Waals surface area (Å²) in [6.07, 6.45) is 0. The van der Waals surface area contributed by atoms with Crippen LogP contribution in [0.25, 0.3) is 0 Å². The zero-order chi connectivity index (χ0) is 15.2. The van der Waals surface area contributed by atoms with Crippen LogP contribution in [0.3, 0.4) is 0 Å². The van der Waals surface area contributed by atoms with E-state index in [0.717, 1.165) is 16.8 Å². The third kappa shape index (κ3) is 3.85. The highest BCUT2D eigenvalue weighted by Crippen LogP contribution is 2.15. The fourth-order valence-corrected chi connectivity index (χ4v) is 2.22. The van der Waals surface area contributed by atoms with E-state index in [1.165, 1.54) is 0 Å². The summed E-state index contributed by atoms with van der Waals surface area (Å²) in [5.41, 5.74) is 2.98. The lowest BCUT2D eigenvalue weighted by Crippen LogP contribution is -2.30. The third-order valence-electron chi connectivity index (χ3n) is 3.52. The zero-order valence-electron chi connectivity index (χ0n) is 12.9. The van der Waals surface area contributed by atoms with Gasteiger partial charge in [0.1, 0.15) is 0 Å². The van der Waals surface area contributed by atoms with Crippen molar-refractivity contribution in [3.8, 4) is 0 Å². The summed E-state index contributed by atoms with van der Waals surface area (Å²) >= 11 is 0. The van der Waals surface area contributed by atoms with Crippen LogP contribution in [-0.4, -0.2) is 31.4 Å². The molecular weight excluding hydrogens is 260 g/mol. The summed E-state index contributed by atoms with van der Waals surface area (Å²) in [5, 5.41) is 0. The summed E-state index contributed by atoms with van der Waals surface area (Å²) < 4.78 is 0. The molecule has 0 bridgehead atoms. The van der Waals surface area contributed by atoms with Crippen LogP contribution in [0.4, 0.5) is 5.69 Å². The van der Waals surface area contributed by atoms with Crippen LogP contribution < -0.4 is 4.90 Å². The van der Waals surface area contributed by atoms with E-state index in [9.17, 15) is 4.79 Å². The van der Waals surface area contributed by atoms with Crippen LogP contribution in [0.5, 0.6) is 0 Å². The molecule has 3 heteroatoms. The lowest BCUT2D eigenvalue weighted by atomic mass is 10.1. The molecule has 2 aromatic rings. The van der Waals surface area contributed by atoms with Gasteiger partial charge in [-0.15, -0.1) is 0 Å². The van der Waals surface area contributed by atoms with Crippen molar-refractivity contribution in [2.24, 2.45) is 0 Å². The predicted octanol–water partition coefficient (Wildman–Crippen LogP) is 3.41. The topological polar surface area (TPSA) is 23.6 Å². The van der Waals surface area contributed by atoms with E-state index in [0.29, 0.717) is 13.1 Å². The first-order valence-electron chi connectivity index (χ1n) is 7.22. The highest BCUT2D eigenvalue weighted by atomic mass is 16.2. The van der Waals surface area contributed by atoms with Crippen molar-refractivity contribution >= 4 is 11.6 Å². The molecule has 0 spiro atoms. The van der Waals surface area contributed by atoms with Gasteiger partial charge in [0, 0.05) is 38.4 Å². The quantitative estimate of drug-likeness (QED) is 0.839. The van der Waals surface area contributed by atoms with E-state index in [2.05, 4.69) is 0 Å². The number of amides is 1. The van der Waals surface area contributed by atoms with Gasteiger partial charge in [-0.3, -0.25) is 4.79 Å². The summed E-state index contributed by atoms with van der Waals surface area (Å²) in [5.74, 6) is 0.0756. The molecule has 110 valence electrons. The van der Waals surface area contributed by atoms with Gasteiger partial charge in [0.15, 0.2) is 0 Å². The minimum Gasteiger partial charge on any atom is -0.378 e. The fraction of sp³-hybridized carbons (Fsp3) is 0.278. The molecule has 0 atom stereocenters. The zero-order valence-corrected chi connectivity index (χ0v) is 12.9. The number of benzene rings is 2. The van der Waals surface area contributed by atoms with Crippen molar-refractivity contribution in [3.63, 3.8) is 0 Å². The first-order chi connectivity index (χ1) is 10.1. The molecule has 0 radical (unpaired) electrons. The largest absolute Gasteiger partial charge is 0.378 e. The molecule has 2 aromatic carbocycles. The van der Waals surface area contributed by atoms with Crippen LogP contribution in [0.1, 0.15) is 22.8 Å². The molecule has 3 nitrogen and oxygen atoms in total. The van der Waals surface area contributed by atoms with Gasteiger partial charge in [-0.2, -0.15) is 0 Å². The monoisotopic (exact) mass is 282 g/mol. The molecule has 21 heavy (non-hydrogen) atoms. The maximum absolute atomic E-state index is 12.6. The van der Waals surface area contributed by atoms with Gasteiger partial charge in [-0.25, -0.2) is 0 Å². The molecule has 0 aliphatic heterocycles. The Hall–Kier alpha value is -2.29. The van der Waals surface area contributed by atoms with E-state index in [4.69, 9.17) is 0 Å². The molecule has 0 aliphatic carbocycles. The lowest BCUT2D eigenvalue weighted by molar-refractivity contribution is 0.0752. The van der Waals surface area contributed by atoms with E-state index in [1.807, 2.05) is 85.4 Å². The molecule has 0 heterocycles. The van der Waals surface area contributed by atoms with Crippen LogP contribution >= 0.6 is 0 Å². The number of nitrogens with zero attached hydrogens (tertiary/aromatic N) is 2. The molecule has 0 unspecified atom stereocenters. The van der Waals surface area contributed by atoms with Gasteiger partial charge >= 0.3 is 0 Å². The first kappa shape index (κ1) is 15.1. The van der Waals surface area contributed by atoms with Crippen molar-refractivity contribution in [2.75, 3.05) is 25.5 Å². The molecule has 2 rings (SSSR count). The molecule has 0 fully saturated rings. The standard InChI is InChI=1S/C18H22N2O/c1-4-20(14-15-8-6-5-7-9-15)18(21)16-10-12-17(13-11-16)19(2)3/h5-13H,4,14H2,1-3H3. The number of carbonyl (C=O) groups is 1. The minimum absolute atomic E-state index is 0.0756. The van der Waals surface area contributed by atoms with Gasteiger partial charge < -0.3 is 9.80 Å². The first-order valence-corrected chi connectivity index (χ1v) is 7.22. The smallest absolute Gasteiger partial charge is 0.254 e. The highest BCUT2D eigenvalue weighted by Gasteiger charge is 2.14. The molecule has 0 N–H and O–H groups in total. The lowest BCUT2D eigenvalue weighted by Gasteiger charge is -2.21. The average molecular weight is 282 g/mol. The maximum Gasteiger partial charge on any atom is 0.254 e. The number of hydrogen-bond acceptors (Lipinski definition) is 2. The molecule has 0 aliphatic rings. The van der Waals surface area contributed by atoms with Crippen molar-refractivity contribution in [1.29, 1.82) is 0 Å². The second-order valence-corrected chi connectivity index (χ2v) is 5.25. The molecule has 0 saturated carbocycles. The molecule has 1 amide bonds. The second kappa shape index (κ2) is 6.93. The van der Waals surface area contributed by atoms with Crippen molar-refractivity contribution in [2.45, 2.75) is 13.5 Å². The summed E-state index contributed by atoms with van der Waals surface area (Å²) in [6, 6.07) is 17.8. The van der Waals surface area contributed by atoms with Gasteiger partial charge in [-0.05, 0) is 36.8 Å². The summed E-state index contributed by atoms with van der Waals surface area (Å²) in [6.45, 7) is 3.35. The molecular formula is C18H22N2O. The van der Waals surface area contributed by atoms with Crippen LogP contribution in [-0.2, 0) is 6.54 Å². The van der Waals surface area contributed by atoms with Crippen LogP contribution in [0, 0.1) is 0 Å². The minimum atomic E-state index is 0.0756. The van der Waals surface area contributed by atoms with Crippen molar-refractivity contribution in [3.05, 3.63) is 65.7 Å². The number of carbonyl (C=O) groups excluding carboxylic acids is 1. The van der Waals surface area contributed by atoms with Gasteiger partial charge in [-0.1, -0.05) is 30.3 Å². The Morgan fingerprint density at radius 2 is 1.57 bits per heavy atom. The Morgan fingerprint density at radius 1 is 0.952 bits per heavy atom. The maximum atomic E-state index is 12.6. The van der Waals surface area contributed by atoms with E-state index < -0.39 is 0 Å². The third-order valence-corrected chi connectivity index (χ3v) is 3.52. The molecule has 0 aromatic heterocycles. The predicted molar refractivity (Wildman–Crippen MR) is 87.6 cm³/mol. The van der Waals surface area contributed by atoms with Crippen LogP contribution in [0.2, 0.25) is 0 Å². The Balaban J connectivity index is 2.12. The number of hydrogen-bond donors (Lipinski definition) is 0. The Morgan fingerprint density at radius 3 is 2.10 bits per heavy atom. The highest BCUT2D eigenvalue weighted by molar-refractivity contribution is 5.94. The Kier molecular flexibility index (Phi) is 4.99. The Bertz CT molecular complexity index is 576. The number of anilines is 1. The average Bonchev–Trinajstić information content (AvgIpc) is 2.53. The summed E-state index contributed by atoms with van der Waals surface area (Å²) in [4.78, 5) is 16.5. The van der Waals surface area contributed by atoms with Gasteiger partial charge in [0.05, 0.1) is 0 Å². The van der Waals surface area contributed by atoms with Gasteiger partial charge in [0.25, 0.3) is 5.91 Å². The fourth-order valence-electron chi connectivity index (χ4n) is 2.22. The van der Waals surface area contributed by atoms with E-state index in [1.54, 1.807) is 0 Å². The Labute approximate surface area is 126 Å². The van der Waals surface area contributed by atoms with Crippen LogP contribution in [0.15, 0.2) is 54.6 Å².